The van der Waals surface area contributed by atoms with E-state index in [0.717, 1.165) is 24.8 Å². The van der Waals surface area contributed by atoms with Crippen LogP contribution < -0.4 is 11.1 Å². The van der Waals surface area contributed by atoms with Crippen molar-refractivity contribution in [2.24, 2.45) is 0 Å². The monoisotopic (exact) mass is 251 g/mol. The van der Waals surface area contributed by atoms with Crippen LogP contribution in [0.5, 0.6) is 0 Å². The van der Waals surface area contributed by atoms with E-state index in [0.29, 0.717) is 5.69 Å². The van der Waals surface area contributed by atoms with E-state index < -0.39 is 0 Å². The van der Waals surface area contributed by atoms with Crippen LogP contribution in [0.1, 0.15) is 25.7 Å². The lowest BCUT2D eigenvalue weighted by atomic mass is 10.2. The number of hydrogen-bond donors (Lipinski definition) is 2. The summed E-state index contributed by atoms with van der Waals surface area (Å²) in [6, 6.07) is 5.30. The first-order valence-electron chi connectivity index (χ1n) is 6.65. The number of likely N-dealkylation sites (N-methyl/N-ethyl adjacent to an activating group) is 1. The van der Waals surface area contributed by atoms with Gasteiger partial charge in [-0.1, -0.05) is 12.8 Å². The first kappa shape index (κ1) is 13.1. The Morgan fingerprint density at radius 1 is 1.33 bits per heavy atom. The number of nitrogens with one attached hydrogen (secondary N) is 1. The summed E-state index contributed by atoms with van der Waals surface area (Å²) in [5, 5.41) is 3.22. The molecule has 0 aromatic heterocycles. The Hall–Kier alpha value is -1.29. The lowest BCUT2D eigenvalue weighted by Gasteiger charge is -2.24. The molecule has 100 valence electrons. The summed E-state index contributed by atoms with van der Waals surface area (Å²) in [5.41, 5.74) is 6.82. The molecule has 0 aliphatic heterocycles. The van der Waals surface area contributed by atoms with Gasteiger partial charge in [0, 0.05) is 30.5 Å². The topological polar surface area (TPSA) is 41.3 Å². The Kier molecular flexibility index (Phi) is 4.42. The molecule has 1 aliphatic carbocycles. The number of nitrogens with zero attached hydrogens (tertiary/aromatic N) is 1. The maximum atomic E-state index is 13.1. The summed E-state index contributed by atoms with van der Waals surface area (Å²) in [4.78, 5) is 2.39. The molecule has 1 aromatic carbocycles. The average molecular weight is 251 g/mol. The Labute approximate surface area is 108 Å². The normalized spacial score (nSPS) is 16.4. The van der Waals surface area contributed by atoms with E-state index in [4.69, 9.17) is 5.73 Å². The third kappa shape index (κ3) is 3.60. The smallest absolute Gasteiger partial charge is 0.127 e. The zero-order chi connectivity index (χ0) is 13.0. The summed E-state index contributed by atoms with van der Waals surface area (Å²) in [6.07, 6.45) is 5.32. The summed E-state index contributed by atoms with van der Waals surface area (Å²) in [5.74, 6) is -0.290. The number of hydrogen-bond acceptors (Lipinski definition) is 3. The minimum Gasteiger partial charge on any atom is -0.399 e. The van der Waals surface area contributed by atoms with Gasteiger partial charge in [-0.15, -0.1) is 0 Å². The van der Waals surface area contributed by atoms with Crippen molar-refractivity contribution in [2.45, 2.75) is 31.7 Å². The number of nitrogens with two attached hydrogens (primary N) is 1. The molecule has 18 heavy (non-hydrogen) atoms. The van der Waals surface area contributed by atoms with Crippen molar-refractivity contribution in [1.82, 2.24) is 4.90 Å². The van der Waals surface area contributed by atoms with Crippen LogP contribution in [0, 0.1) is 5.82 Å². The molecular weight excluding hydrogens is 229 g/mol. The van der Waals surface area contributed by atoms with E-state index in [1.54, 1.807) is 6.07 Å². The molecule has 3 nitrogen and oxygen atoms in total. The molecule has 0 spiro atoms. The molecule has 0 unspecified atom stereocenters. The van der Waals surface area contributed by atoms with E-state index in [-0.39, 0.29) is 5.82 Å². The molecule has 1 aliphatic rings. The SMILES string of the molecule is CN(CCNc1cc(N)cc(F)c1)C1CCCC1. The Balaban J connectivity index is 1.77. The molecule has 4 heteroatoms. The molecular formula is C14H22FN3. The van der Waals surface area contributed by atoms with Crippen LogP contribution in [-0.2, 0) is 0 Å². The third-order valence-corrected chi connectivity index (χ3v) is 3.66. The van der Waals surface area contributed by atoms with Crippen LogP contribution in [0.15, 0.2) is 18.2 Å². The van der Waals surface area contributed by atoms with Crippen LogP contribution >= 0.6 is 0 Å². The second-order valence-electron chi connectivity index (χ2n) is 5.12. The van der Waals surface area contributed by atoms with Gasteiger partial charge in [0.15, 0.2) is 0 Å². The molecule has 0 saturated heterocycles. The van der Waals surface area contributed by atoms with Gasteiger partial charge in [-0.05, 0) is 38.1 Å². The molecule has 0 radical (unpaired) electrons. The first-order chi connectivity index (χ1) is 8.65. The van der Waals surface area contributed by atoms with Crippen LogP contribution in [0.25, 0.3) is 0 Å². The Morgan fingerprint density at radius 2 is 2.06 bits per heavy atom. The van der Waals surface area contributed by atoms with Crippen molar-refractivity contribution in [1.29, 1.82) is 0 Å². The van der Waals surface area contributed by atoms with Crippen molar-refractivity contribution < 1.29 is 4.39 Å². The lowest BCUT2D eigenvalue weighted by molar-refractivity contribution is 0.254. The molecule has 1 fully saturated rings. The van der Waals surface area contributed by atoms with Gasteiger partial charge in [-0.3, -0.25) is 0 Å². The van der Waals surface area contributed by atoms with Crippen LogP contribution in [0.4, 0.5) is 15.8 Å². The summed E-state index contributed by atoms with van der Waals surface area (Å²) in [6.45, 7) is 1.79. The van der Waals surface area contributed by atoms with Gasteiger partial charge in [0.1, 0.15) is 5.82 Å². The van der Waals surface area contributed by atoms with Gasteiger partial charge in [-0.25, -0.2) is 4.39 Å². The van der Waals surface area contributed by atoms with Gasteiger partial charge >= 0.3 is 0 Å². The largest absolute Gasteiger partial charge is 0.399 e. The second kappa shape index (κ2) is 6.05. The number of nitrogen functional groups attached to an aromatic ring is 1. The van der Waals surface area contributed by atoms with Crippen molar-refractivity contribution in [2.75, 3.05) is 31.2 Å². The van der Waals surface area contributed by atoms with E-state index in [1.807, 2.05) is 0 Å². The molecule has 1 saturated carbocycles. The van der Waals surface area contributed by atoms with Crippen molar-refractivity contribution in [3.63, 3.8) is 0 Å². The minimum absolute atomic E-state index is 0.290. The van der Waals surface area contributed by atoms with Gasteiger partial charge in [0.2, 0.25) is 0 Å². The quantitative estimate of drug-likeness (QED) is 0.791. The molecule has 0 atom stereocenters. The van der Waals surface area contributed by atoms with Gasteiger partial charge in [0.25, 0.3) is 0 Å². The van der Waals surface area contributed by atoms with Gasteiger partial charge in [-0.2, -0.15) is 0 Å². The highest BCUT2D eigenvalue weighted by atomic mass is 19.1. The number of anilines is 2. The zero-order valence-corrected chi connectivity index (χ0v) is 11.0. The minimum atomic E-state index is -0.290. The zero-order valence-electron chi connectivity index (χ0n) is 11.0. The molecule has 1 aromatic rings. The molecule has 3 N–H and O–H groups in total. The fourth-order valence-electron chi connectivity index (χ4n) is 2.62. The van der Waals surface area contributed by atoms with E-state index in [2.05, 4.69) is 17.3 Å². The van der Waals surface area contributed by atoms with Gasteiger partial charge in [0.05, 0.1) is 0 Å². The van der Waals surface area contributed by atoms with Crippen LogP contribution in [-0.4, -0.2) is 31.1 Å². The second-order valence-corrected chi connectivity index (χ2v) is 5.12. The highest BCUT2D eigenvalue weighted by Gasteiger charge is 2.18. The van der Waals surface area contributed by atoms with E-state index in [1.165, 1.54) is 37.8 Å². The summed E-state index contributed by atoms with van der Waals surface area (Å²) >= 11 is 0. The molecule has 0 heterocycles. The molecule has 0 bridgehead atoms. The van der Waals surface area contributed by atoms with E-state index >= 15 is 0 Å². The Morgan fingerprint density at radius 3 is 2.72 bits per heavy atom. The van der Waals surface area contributed by atoms with Crippen LogP contribution in [0.2, 0.25) is 0 Å². The third-order valence-electron chi connectivity index (χ3n) is 3.66. The number of benzene rings is 1. The molecule has 2 rings (SSSR count). The van der Waals surface area contributed by atoms with Crippen molar-refractivity contribution in [3.05, 3.63) is 24.0 Å². The number of rotatable bonds is 5. The maximum absolute atomic E-state index is 13.1. The fraction of sp³-hybridized carbons (Fsp3) is 0.571. The number of halogens is 1. The average Bonchev–Trinajstić information content (AvgIpc) is 2.80. The Bertz CT molecular complexity index is 368. The van der Waals surface area contributed by atoms with E-state index in [9.17, 15) is 4.39 Å². The predicted octanol–water partition coefficient (Wildman–Crippen LogP) is 2.69. The van der Waals surface area contributed by atoms with Crippen LogP contribution in [0.3, 0.4) is 0 Å². The highest BCUT2D eigenvalue weighted by Crippen LogP contribution is 2.22. The predicted molar refractivity (Wildman–Crippen MR) is 74.2 cm³/mol. The summed E-state index contributed by atoms with van der Waals surface area (Å²) < 4.78 is 13.1. The first-order valence-corrected chi connectivity index (χ1v) is 6.65. The fourth-order valence-corrected chi connectivity index (χ4v) is 2.62. The summed E-state index contributed by atoms with van der Waals surface area (Å²) in [7, 11) is 2.16. The van der Waals surface area contributed by atoms with Crippen molar-refractivity contribution >= 4 is 11.4 Å². The van der Waals surface area contributed by atoms with Gasteiger partial charge < -0.3 is 16.0 Å². The van der Waals surface area contributed by atoms with Crippen molar-refractivity contribution in [3.8, 4) is 0 Å². The lowest BCUT2D eigenvalue weighted by Crippen LogP contribution is -2.33. The molecule has 0 amide bonds. The maximum Gasteiger partial charge on any atom is 0.127 e. The highest BCUT2D eigenvalue weighted by molar-refractivity contribution is 5.54. The standard InChI is InChI=1S/C14H22FN3/c1-18(14-4-2-3-5-14)7-6-17-13-9-11(15)8-12(16)10-13/h8-10,14,17H,2-7,16H2,1H3.